The van der Waals surface area contributed by atoms with Crippen molar-refractivity contribution >= 4 is 11.6 Å². The van der Waals surface area contributed by atoms with E-state index in [4.69, 9.17) is 11.6 Å². The zero-order valence-corrected chi connectivity index (χ0v) is 11.4. The molecule has 2 rings (SSSR count). The highest BCUT2D eigenvalue weighted by atomic mass is 35.5. The molecule has 1 aliphatic rings. The van der Waals surface area contributed by atoms with E-state index in [2.05, 4.69) is 6.92 Å². The van der Waals surface area contributed by atoms with Crippen LogP contribution in [0.2, 0.25) is 5.02 Å². The van der Waals surface area contributed by atoms with Crippen LogP contribution in [0, 0.1) is 18.8 Å². The summed E-state index contributed by atoms with van der Waals surface area (Å²) in [6.45, 7) is 4.26. The average Bonchev–Trinajstić information content (AvgIpc) is 2.32. The molecule has 94 valence electrons. The first kappa shape index (κ1) is 12.9. The quantitative estimate of drug-likeness (QED) is 0.821. The molecule has 1 nitrogen and oxygen atoms in total. The van der Waals surface area contributed by atoms with Gasteiger partial charge in [0.25, 0.3) is 0 Å². The van der Waals surface area contributed by atoms with E-state index in [9.17, 15) is 5.11 Å². The zero-order valence-electron chi connectivity index (χ0n) is 10.6. The van der Waals surface area contributed by atoms with Crippen molar-refractivity contribution in [3.05, 3.63) is 34.3 Å². The maximum Gasteiger partial charge on any atom is 0.0832 e. The van der Waals surface area contributed by atoms with Crippen LogP contribution in [-0.4, -0.2) is 5.11 Å². The van der Waals surface area contributed by atoms with Crippen molar-refractivity contribution in [2.75, 3.05) is 0 Å². The third-order valence-corrected chi connectivity index (χ3v) is 4.48. The normalized spacial score (nSPS) is 26.8. The van der Waals surface area contributed by atoms with Crippen molar-refractivity contribution in [2.24, 2.45) is 11.8 Å². The monoisotopic (exact) mass is 252 g/mol. The van der Waals surface area contributed by atoms with Crippen molar-refractivity contribution in [1.29, 1.82) is 0 Å². The Morgan fingerprint density at radius 3 is 2.82 bits per heavy atom. The highest BCUT2D eigenvalue weighted by Gasteiger charge is 2.27. The minimum absolute atomic E-state index is 0.373. The summed E-state index contributed by atoms with van der Waals surface area (Å²) in [5.74, 6) is 1.10. The van der Waals surface area contributed by atoms with E-state index < -0.39 is 6.10 Å². The molecule has 0 aromatic heterocycles. The lowest BCUT2D eigenvalue weighted by atomic mass is 9.78. The van der Waals surface area contributed by atoms with Gasteiger partial charge in [-0.2, -0.15) is 0 Å². The van der Waals surface area contributed by atoms with E-state index in [1.807, 2.05) is 25.1 Å². The van der Waals surface area contributed by atoms with Gasteiger partial charge in [0.2, 0.25) is 0 Å². The number of benzene rings is 1. The highest BCUT2D eigenvalue weighted by Crippen LogP contribution is 2.39. The molecule has 0 saturated heterocycles. The number of aliphatic hydroxyl groups excluding tert-OH is 1. The number of aliphatic hydroxyl groups is 1. The Balaban J connectivity index is 2.18. The maximum absolute atomic E-state index is 10.5. The molecule has 3 atom stereocenters. The van der Waals surface area contributed by atoms with Gasteiger partial charge in [0.15, 0.2) is 0 Å². The minimum Gasteiger partial charge on any atom is -0.388 e. The summed E-state index contributed by atoms with van der Waals surface area (Å²) in [6, 6.07) is 5.92. The Bertz CT molecular complexity index is 389. The van der Waals surface area contributed by atoms with Crippen molar-refractivity contribution in [3.8, 4) is 0 Å². The van der Waals surface area contributed by atoms with Crippen molar-refractivity contribution < 1.29 is 5.11 Å². The Labute approximate surface area is 109 Å². The van der Waals surface area contributed by atoms with Gasteiger partial charge >= 0.3 is 0 Å². The molecule has 1 N–H and O–H groups in total. The van der Waals surface area contributed by atoms with Crippen LogP contribution in [0.15, 0.2) is 18.2 Å². The summed E-state index contributed by atoms with van der Waals surface area (Å²) in [7, 11) is 0. The van der Waals surface area contributed by atoms with E-state index in [0.29, 0.717) is 5.92 Å². The molecular weight excluding hydrogens is 232 g/mol. The molecule has 17 heavy (non-hydrogen) atoms. The Morgan fingerprint density at radius 2 is 2.12 bits per heavy atom. The summed E-state index contributed by atoms with van der Waals surface area (Å²) in [6.07, 6.45) is 4.36. The smallest absolute Gasteiger partial charge is 0.0832 e. The molecular formula is C15H21ClO. The largest absolute Gasteiger partial charge is 0.388 e. The van der Waals surface area contributed by atoms with Crippen LogP contribution in [0.1, 0.15) is 49.8 Å². The van der Waals surface area contributed by atoms with E-state index in [0.717, 1.165) is 34.9 Å². The lowest BCUT2D eigenvalue weighted by molar-refractivity contribution is 0.0714. The van der Waals surface area contributed by atoms with Crippen LogP contribution in [0.25, 0.3) is 0 Å². The van der Waals surface area contributed by atoms with Gasteiger partial charge in [0, 0.05) is 5.02 Å². The number of aryl methyl sites for hydroxylation is 1. The van der Waals surface area contributed by atoms with Gasteiger partial charge in [-0.1, -0.05) is 49.6 Å². The van der Waals surface area contributed by atoms with Gasteiger partial charge in [-0.05, 0) is 42.7 Å². The maximum atomic E-state index is 10.5. The second kappa shape index (κ2) is 5.41. The number of hydrogen-bond acceptors (Lipinski definition) is 1. The van der Waals surface area contributed by atoms with Crippen LogP contribution < -0.4 is 0 Å². The van der Waals surface area contributed by atoms with Crippen LogP contribution in [-0.2, 0) is 0 Å². The van der Waals surface area contributed by atoms with Gasteiger partial charge in [-0.3, -0.25) is 0 Å². The van der Waals surface area contributed by atoms with E-state index in [-0.39, 0.29) is 0 Å². The van der Waals surface area contributed by atoms with Gasteiger partial charge in [-0.15, -0.1) is 0 Å². The average molecular weight is 253 g/mol. The summed E-state index contributed by atoms with van der Waals surface area (Å²) in [4.78, 5) is 0. The molecule has 0 heterocycles. The topological polar surface area (TPSA) is 20.2 Å². The molecule has 0 amide bonds. The Hall–Kier alpha value is -0.530. The Kier molecular flexibility index (Phi) is 4.11. The molecule has 1 aromatic carbocycles. The van der Waals surface area contributed by atoms with Gasteiger partial charge in [0.05, 0.1) is 6.10 Å². The first-order valence-corrected chi connectivity index (χ1v) is 6.90. The van der Waals surface area contributed by atoms with Gasteiger partial charge < -0.3 is 5.11 Å². The predicted molar refractivity (Wildman–Crippen MR) is 72.3 cm³/mol. The summed E-state index contributed by atoms with van der Waals surface area (Å²) < 4.78 is 0. The van der Waals surface area contributed by atoms with E-state index in [1.165, 1.54) is 12.8 Å². The molecule has 1 saturated carbocycles. The van der Waals surface area contributed by atoms with Crippen LogP contribution in [0.3, 0.4) is 0 Å². The lowest BCUT2D eigenvalue weighted by Gasteiger charge is -2.31. The molecule has 0 spiro atoms. The number of hydrogen-bond donors (Lipinski definition) is 1. The van der Waals surface area contributed by atoms with Crippen LogP contribution in [0.4, 0.5) is 0 Å². The second-order valence-corrected chi connectivity index (χ2v) is 5.83. The fourth-order valence-electron chi connectivity index (χ4n) is 2.92. The van der Waals surface area contributed by atoms with Crippen LogP contribution >= 0.6 is 11.6 Å². The standard InChI is InChI=1S/C15H21ClO/c1-10-5-3-7-12(9-10)15(17)13-8-4-6-11(2)14(13)16/h4,6,8,10,12,15,17H,3,5,7,9H2,1-2H3. The predicted octanol–water partition coefficient (Wildman–Crippen LogP) is 4.51. The number of halogens is 1. The van der Waals surface area contributed by atoms with Crippen molar-refractivity contribution in [1.82, 2.24) is 0 Å². The molecule has 0 bridgehead atoms. The number of rotatable bonds is 2. The van der Waals surface area contributed by atoms with Crippen LogP contribution in [0.5, 0.6) is 0 Å². The van der Waals surface area contributed by atoms with Crippen molar-refractivity contribution in [2.45, 2.75) is 45.6 Å². The van der Waals surface area contributed by atoms with E-state index in [1.54, 1.807) is 0 Å². The summed E-state index contributed by atoms with van der Waals surface area (Å²) in [5.41, 5.74) is 1.96. The lowest BCUT2D eigenvalue weighted by Crippen LogP contribution is -2.20. The van der Waals surface area contributed by atoms with Gasteiger partial charge in [-0.25, -0.2) is 0 Å². The van der Waals surface area contributed by atoms with E-state index >= 15 is 0 Å². The molecule has 1 fully saturated rings. The highest BCUT2D eigenvalue weighted by molar-refractivity contribution is 6.32. The molecule has 3 unspecified atom stereocenters. The molecule has 0 radical (unpaired) electrons. The Morgan fingerprint density at radius 1 is 1.35 bits per heavy atom. The first-order chi connectivity index (χ1) is 8.09. The third kappa shape index (κ3) is 2.83. The van der Waals surface area contributed by atoms with Gasteiger partial charge in [0.1, 0.15) is 0 Å². The minimum atomic E-state index is -0.398. The first-order valence-electron chi connectivity index (χ1n) is 6.52. The molecule has 1 aromatic rings. The molecule has 1 aliphatic carbocycles. The molecule has 0 aliphatic heterocycles. The van der Waals surface area contributed by atoms with Crippen molar-refractivity contribution in [3.63, 3.8) is 0 Å². The fourth-order valence-corrected chi connectivity index (χ4v) is 3.16. The zero-order chi connectivity index (χ0) is 12.4. The molecule has 2 heteroatoms. The second-order valence-electron chi connectivity index (χ2n) is 5.45. The SMILES string of the molecule is Cc1cccc(C(O)C2CCCC(C)C2)c1Cl. The summed E-state index contributed by atoms with van der Waals surface area (Å²) in [5, 5.41) is 11.2. The third-order valence-electron chi connectivity index (χ3n) is 3.96. The fraction of sp³-hybridized carbons (Fsp3) is 0.600. The summed E-state index contributed by atoms with van der Waals surface area (Å²) >= 11 is 6.28.